The van der Waals surface area contributed by atoms with Gasteiger partial charge in [0.15, 0.2) is 0 Å². The summed E-state index contributed by atoms with van der Waals surface area (Å²) in [4.78, 5) is 0. The van der Waals surface area contributed by atoms with Crippen molar-refractivity contribution in [3.63, 3.8) is 0 Å². The molecule has 0 atom stereocenters. The van der Waals surface area contributed by atoms with E-state index in [4.69, 9.17) is 0 Å². The van der Waals surface area contributed by atoms with Gasteiger partial charge in [-0.3, -0.25) is 0 Å². The van der Waals surface area contributed by atoms with Crippen molar-refractivity contribution >= 4 is 0 Å². The second-order valence-electron chi connectivity index (χ2n) is 5.57. The molecule has 0 saturated carbocycles. The molecule has 2 rings (SSSR count). The van der Waals surface area contributed by atoms with Crippen LogP contribution in [0.5, 0.6) is 0 Å². The maximum Gasteiger partial charge on any atom is 0.123 e. The van der Waals surface area contributed by atoms with Crippen LogP contribution < -0.4 is 0 Å². The summed E-state index contributed by atoms with van der Waals surface area (Å²) in [5.74, 6) is -0.219. The van der Waals surface area contributed by atoms with E-state index >= 15 is 0 Å². The first-order valence-corrected chi connectivity index (χ1v) is 7.57. The molecule has 0 saturated heterocycles. The second kappa shape index (κ2) is 6.86. The number of aryl methyl sites for hydroxylation is 2. The normalized spacial score (nSPS) is 10.9. The molecule has 1 N–H and O–H groups in total. The van der Waals surface area contributed by atoms with Gasteiger partial charge in [-0.25, -0.2) is 4.39 Å². The Morgan fingerprint density at radius 2 is 1.52 bits per heavy atom. The molecular weight excluding hydrogens is 263 g/mol. The standard InChI is InChI=1S/C19H23FO/c1-4-5-17-13(2)12-14(3)18(10-11-21)19(17)15-6-8-16(20)9-7-15/h6-9,12,21H,4-5,10-11H2,1-3H3. The number of hydrogen-bond donors (Lipinski definition) is 1. The highest BCUT2D eigenvalue weighted by atomic mass is 19.1. The van der Waals surface area contributed by atoms with Crippen LogP contribution in [0.3, 0.4) is 0 Å². The van der Waals surface area contributed by atoms with E-state index in [9.17, 15) is 9.50 Å². The number of hydrogen-bond acceptors (Lipinski definition) is 1. The lowest BCUT2D eigenvalue weighted by Crippen LogP contribution is -2.04. The molecule has 0 aromatic heterocycles. The number of rotatable bonds is 5. The van der Waals surface area contributed by atoms with Crippen LogP contribution in [0.25, 0.3) is 11.1 Å². The zero-order valence-corrected chi connectivity index (χ0v) is 13.0. The fraction of sp³-hybridized carbons (Fsp3) is 0.368. The fourth-order valence-electron chi connectivity index (χ4n) is 3.05. The van der Waals surface area contributed by atoms with Crippen LogP contribution >= 0.6 is 0 Å². The third-order valence-electron chi connectivity index (χ3n) is 3.98. The van der Waals surface area contributed by atoms with Crippen LogP contribution in [-0.2, 0) is 12.8 Å². The molecule has 1 nitrogen and oxygen atoms in total. The summed E-state index contributed by atoms with van der Waals surface area (Å²) in [5, 5.41) is 9.39. The summed E-state index contributed by atoms with van der Waals surface area (Å²) in [6, 6.07) is 8.88. The molecule has 0 aliphatic heterocycles. The van der Waals surface area contributed by atoms with Gasteiger partial charge in [0.2, 0.25) is 0 Å². The van der Waals surface area contributed by atoms with Gasteiger partial charge in [0, 0.05) is 6.61 Å². The predicted molar refractivity (Wildman–Crippen MR) is 86.1 cm³/mol. The predicted octanol–water partition coefficient (Wildman–Crippen LogP) is 4.60. The highest BCUT2D eigenvalue weighted by Gasteiger charge is 2.15. The van der Waals surface area contributed by atoms with Gasteiger partial charge in [-0.15, -0.1) is 0 Å². The SMILES string of the molecule is CCCc1c(C)cc(C)c(CCO)c1-c1ccc(F)cc1. The zero-order valence-electron chi connectivity index (χ0n) is 13.0. The highest BCUT2D eigenvalue weighted by molar-refractivity contribution is 5.74. The molecule has 0 aliphatic rings. The van der Waals surface area contributed by atoms with Crippen molar-refractivity contribution in [1.29, 1.82) is 0 Å². The van der Waals surface area contributed by atoms with Gasteiger partial charge in [-0.05, 0) is 72.2 Å². The minimum absolute atomic E-state index is 0.129. The Kier molecular flexibility index (Phi) is 5.13. The average molecular weight is 286 g/mol. The number of aliphatic hydroxyl groups excluding tert-OH is 1. The monoisotopic (exact) mass is 286 g/mol. The zero-order chi connectivity index (χ0) is 15.4. The van der Waals surface area contributed by atoms with Crippen molar-refractivity contribution in [3.8, 4) is 11.1 Å². The first kappa shape index (κ1) is 15.7. The van der Waals surface area contributed by atoms with E-state index in [0.29, 0.717) is 6.42 Å². The van der Waals surface area contributed by atoms with Gasteiger partial charge in [-0.1, -0.05) is 31.5 Å². The lowest BCUT2D eigenvalue weighted by molar-refractivity contribution is 0.299. The Bertz CT molecular complexity index is 584. The maximum absolute atomic E-state index is 13.2. The van der Waals surface area contributed by atoms with Crippen LogP contribution in [0, 0.1) is 19.7 Å². The van der Waals surface area contributed by atoms with Gasteiger partial charge in [0.25, 0.3) is 0 Å². The van der Waals surface area contributed by atoms with E-state index in [-0.39, 0.29) is 12.4 Å². The molecule has 0 aliphatic carbocycles. The molecule has 2 heteroatoms. The van der Waals surface area contributed by atoms with E-state index in [1.807, 2.05) is 12.1 Å². The van der Waals surface area contributed by atoms with Crippen molar-refractivity contribution in [2.45, 2.75) is 40.0 Å². The summed E-state index contributed by atoms with van der Waals surface area (Å²) in [6.07, 6.45) is 2.70. The van der Waals surface area contributed by atoms with E-state index in [2.05, 4.69) is 26.8 Å². The first-order chi connectivity index (χ1) is 10.1. The third kappa shape index (κ3) is 3.33. The molecule has 0 heterocycles. The summed E-state index contributed by atoms with van der Waals surface area (Å²) in [5.41, 5.74) is 7.19. The molecule has 2 aromatic carbocycles. The molecule has 112 valence electrons. The molecule has 0 amide bonds. The highest BCUT2D eigenvalue weighted by Crippen LogP contribution is 2.34. The molecule has 0 fully saturated rings. The minimum Gasteiger partial charge on any atom is -0.396 e. The van der Waals surface area contributed by atoms with Crippen LogP contribution in [0.4, 0.5) is 4.39 Å². The molecule has 0 unspecified atom stereocenters. The van der Waals surface area contributed by atoms with Gasteiger partial charge >= 0.3 is 0 Å². The Morgan fingerprint density at radius 3 is 2.05 bits per heavy atom. The molecule has 21 heavy (non-hydrogen) atoms. The molecule has 0 spiro atoms. The van der Waals surface area contributed by atoms with E-state index in [0.717, 1.165) is 18.4 Å². The fourth-order valence-corrected chi connectivity index (χ4v) is 3.05. The van der Waals surface area contributed by atoms with Gasteiger partial charge < -0.3 is 5.11 Å². The van der Waals surface area contributed by atoms with Crippen molar-refractivity contribution in [2.24, 2.45) is 0 Å². The van der Waals surface area contributed by atoms with Crippen molar-refractivity contribution in [2.75, 3.05) is 6.61 Å². The summed E-state index contributed by atoms with van der Waals surface area (Å²) >= 11 is 0. The maximum atomic E-state index is 13.2. The smallest absolute Gasteiger partial charge is 0.123 e. The van der Waals surface area contributed by atoms with Crippen molar-refractivity contribution < 1.29 is 9.50 Å². The van der Waals surface area contributed by atoms with Crippen LogP contribution in [0.15, 0.2) is 30.3 Å². The summed E-state index contributed by atoms with van der Waals surface area (Å²) in [7, 11) is 0. The largest absolute Gasteiger partial charge is 0.396 e. The number of halogens is 1. The van der Waals surface area contributed by atoms with Crippen LogP contribution in [-0.4, -0.2) is 11.7 Å². The molecule has 0 radical (unpaired) electrons. The van der Waals surface area contributed by atoms with Crippen LogP contribution in [0.1, 0.15) is 35.6 Å². The first-order valence-electron chi connectivity index (χ1n) is 7.57. The second-order valence-corrected chi connectivity index (χ2v) is 5.57. The van der Waals surface area contributed by atoms with Gasteiger partial charge in [0.1, 0.15) is 5.82 Å². The Balaban J connectivity index is 2.71. The third-order valence-corrected chi connectivity index (χ3v) is 3.98. The molecule has 2 aromatic rings. The topological polar surface area (TPSA) is 20.2 Å². The van der Waals surface area contributed by atoms with E-state index < -0.39 is 0 Å². The minimum atomic E-state index is -0.219. The Morgan fingerprint density at radius 1 is 0.952 bits per heavy atom. The lowest BCUT2D eigenvalue weighted by Gasteiger charge is -2.20. The van der Waals surface area contributed by atoms with Crippen molar-refractivity contribution in [3.05, 3.63) is 58.4 Å². The van der Waals surface area contributed by atoms with Crippen molar-refractivity contribution in [1.82, 2.24) is 0 Å². The quantitative estimate of drug-likeness (QED) is 0.852. The summed E-state index contributed by atoms with van der Waals surface area (Å²) < 4.78 is 13.2. The molecular formula is C19H23FO. The lowest BCUT2D eigenvalue weighted by atomic mass is 9.85. The number of aliphatic hydroxyl groups is 1. The molecule has 0 bridgehead atoms. The summed E-state index contributed by atoms with van der Waals surface area (Å²) in [6.45, 7) is 6.51. The number of benzene rings is 2. The van der Waals surface area contributed by atoms with E-state index in [1.165, 1.54) is 39.9 Å². The van der Waals surface area contributed by atoms with E-state index in [1.54, 1.807) is 0 Å². The Hall–Kier alpha value is -1.67. The Labute approximate surface area is 126 Å². The van der Waals surface area contributed by atoms with Gasteiger partial charge in [-0.2, -0.15) is 0 Å². The average Bonchev–Trinajstić information content (AvgIpc) is 2.46. The van der Waals surface area contributed by atoms with Crippen LogP contribution in [0.2, 0.25) is 0 Å². The van der Waals surface area contributed by atoms with Gasteiger partial charge in [0.05, 0.1) is 0 Å².